The van der Waals surface area contributed by atoms with Crippen molar-refractivity contribution in [1.29, 1.82) is 0 Å². The first-order valence-corrected chi connectivity index (χ1v) is 12.0. The highest BCUT2D eigenvalue weighted by molar-refractivity contribution is 7.90. The van der Waals surface area contributed by atoms with Gasteiger partial charge in [0, 0.05) is 18.1 Å². The van der Waals surface area contributed by atoms with Gasteiger partial charge >= 0.3 is 6.03 Å². The molecule has 0 aliphatic heterocycles. The number of benzene rings is 2. The van der Waals surface area contributed by atoms with Crippen molar-refractivity contribution >= 4 is 21.7 Å². The average Bonchev–Trinajstić information content (AvgIpc) is 3.43. The molecule has 0 spiro atoms. The second-order valence-electron chi connectivity index (χ2n) is 8.06. The van der Waals surface area contributed by atoms with Crippen LogP contribution >= 0.6 is 0 Å². The van der Waals surface area contributed by atoms with Gasteiger partial charge in [-0.05, 0) is 96.2 Å². The van der Waals surface area contributed by atoms with Crippen LogP contribution in [0, 0.1) is 0 Å². The van der Waals surface area contributed by atoms with Gasteiger partial charge in [-0.1, -0.05) is 18.2 Å². The smallest absolute Gasteiger partial charge is 0.307 e. The van der Waals surface area contributed by atoms with Crippen LogP contribution in [0.1, 0.15) is 35.1 Å². The molecule has 1 aromatic heterocycles. The van der Waals surface area contributed by atoms with Crippen LogP contribution in [0.15, 0.2) is 59.8 Å². The van der Waals surface area contributed by atoms with E-state index in [4.69, 9.17) is 0 Å². The first-order valence-electron chi connectivity index (χ1n) is 10.5. The number of anilines is 1. The quantitative estimate of drug-likeness (QED) is 0.644. The molecule has 0 fully saturated rings. The van der Waals surface area contributed by atoms with Gasteiger partial charge in [-0.2, -0.15) is 0 Å². The molecule has 0 saturated carbocycles. The van der Waals surface area contributed by atoms with Gasteiger partial charge in [0.15, 0.2) is 0 Å². The molecule has 0 saturated heterocycles. The SMILES string of the molecule is O=C(Nc1c2c(cc3c1CCC3)CCC2)NS(=O)(=O)c1cccc(-c2ccncc2)c1. The molecule has 0 unspecified atom stereocenters. The minimum atomic E-state index is -4.02. The molecule has 2 N–H and O–H groups in total. The lowest BCUT2D eigenvalue weighted by molar-refractivity contribution is 0.256. The van der Waals surface area contributed by atoms with E-state index in [1.807, 2.05) is 18.2 Å². The van der Waals surface area contributed by atoms with E-state index in [9.17, 15) is 13.2 Å². The number of aromatic nitrogens is 1. The van der Waals surface area contributed by atoms with Crippen LogP contribution < -0.4 is 10.0 Å². The van der Waals surface area contributed by atoms with Crippen molar-refractivity contribution in [1.82, 2.24) is 9.71 Å². The van der Waals surface area contributed by atoms with Crippen molar-refractivity contribution in [2.24, 2.45) is 0 Å². The molecule has 7 heteroatoms. The summed E-state index contributed by atoms with van der Waals surface area (Å²) in [6.07, 6.45) is 9.29. The lowest BCUT2D eigenvalue weighted by Crippen LogP contribution is -2.35. The Morgan fingerprint density at radius 1 is 0.839 bits per heavy atom. The van der Waals surface area contributed by atoms with E-state index in [0.717, 1.165) is 66.5 Å². The lowest BCUT2D eigenvalue weighted by Gasteiger charge is -2.16. The number of amides is 2. The van der Waals surface area contributed by atoms with Gasteiger partial charge in [0.05, 0.1) is 4.90 Å². The van der Waals surface area contributed by atoms with E-state index in [1.54, 1.807) is 24.5 Å². The van der Waals surface area contributed by atoms with E-state index in [0.29, 0.717) is 0 Å². The van der Waals surface area contributed by atoms with E-state index in [2.05, 4.69) is 21.1 Å². The number of carbonyl (C=O) groups is 1. The number of urea groups is 1. The predicted octanol–water partition coefficient (Wildman–Crippen LogP) is 4.24. The summed E-state index contributed by atoms with van der Waals surface area (Å²) < 4.78 is 28.0. The standard InChI is InChI=1S/C24H23N3O3S/c28-24(26-23-21-8-2-5-18(21)14-19-6-3-9-22(19)23)27-31(29,30)20-7-1-4-17(15-20)16-10-12-25-13-11-16/h1,4,7,10-15H,2-3,5-6,8-9H2,(H2,26,27,28). The largest absolute Gasteiger partial charge is 0.333 e. The van der Waals surface area contributed by atoms with Crippen LogP contribution in [-0.4, -0.2) is 19.4 Å². The molecule has 158 valence electrons. The molecule has 1 heterocycles. The van der Waals surface area contributed by atoms with Crippen molar-refractivity contribution in [2.75, 3.05) is 5.32 Å². The number of nitrogens with one attached hydrogen (secondary N) is 2. The molecule has 0 bridgehead atoms. The number of carbonyl (C=O) groups excluding carboxylic acids is 1. The summed E-state index contributed by atoms with van der Waals surface area (Å²) in [5, 5.41) is 2.88. The van der Waals surface area contributed by atoms with Gasteiger partial charge in [-0.3, -0.25) is 4.98 Å². The fourth-order valence-corrected chi connectivity index (χ4v) is 5.63. The normalized spacial score (nSPS) is 14.7. The third kappa shape index (κ3) is 3.81. The van der Waals surface area contributed by atoms with Gasteiger partial charge < -0.3 is 5.32 Å². The Morgan fingerprint density at radius 2 is 1.52 bits per heavy atom. The summed E-state index contributed by atoms with van der Waals surface area (Å²) in [6.45, 7) is 0. The van der Waals surface area contributed by atoms with Gasteiger partial charge in [-0.25, -0.2) is 17.9 Å². The molecule has 2 aliphatic rings. The first kappa shape index (κ1) is 19.8. The Kier molecular flexibility index (Phi) is 4.98. The first-order chi connectivity index (χ1) is 15.0. The second-order valence-corrected chi connectivity index (χ2v) is 9.74. The summed E-state index contributed by atoms with van der Waals surface area (Å²) in [6, 6.07) is 11.7. The molecule has 0 radical (unpaired) electrons. The number of sulfonamides is 1. The van der Waals surface area contributed by atoms with Crippen LogP contribution in [0.5, 0.6) is 0 Å². The Hall–Kier alpha value is -3.19. The number of nitrogens with zero attached hydrogens (tertiary/aromatic N) is 1. The maximum atomic E-state index is 12.9. The summed E-state index contributed by atoms with van der Waals surface area (Å²) in [7, 11) is -4.02. The number of hydrogen-bond acceptors (Lipinski definition) is 4. The zero-order valence-electron chi connectivity index (χ0n) is 17.0. The fourth-order valence-electron chi connectivity index (χ4n) is 4.67. The molecule has 31 heavy (non-hydrogen) atoms. The minimum Gasteiger partial charge on any atom is -0.307 e. The lowest BCUT2D eigenvalue weighted by atomic mass is 9.99. The van der Waals surface area contributed by atoms with Crippen molar-refractivity contribution in [3.63, 3.8) is 0 Å². The topological polar surface area (TPSA) is 88.2 Å². The monoisotopic (exact) mass is 433 g/mol. The van der Waals surface area contributed by atoms with Crippen molar-refractivity contribution < 1.29 is 13.2 Å². The number of hydrogen-bond donors (Lipinski definition) is 2. The van der Waals surface area contributed by atoms with Crippen LogP contribution in [0.3, 0.4) is 0 Å². The zero-order valence-corrected chi connectivity index (χ0v) is 17.8. The third-order valence-corrected chi connectivity index (χ3v) is 7.43. The van der Waals surface area contributed by atoms with E-state index in [-0.39, 0.29) is 4.90 Å². The van der Waals surface area contributed by atoms with Crippen molar-refractivity contribution in [3.05, 3.63) is 77.1 Å². The van der Waals surface area contributed by atoms with Gasteiger partial charge in [-0.15, -0.1) is 0 Å². The molecule has 2 aliphatic carbocycles. The Morgan fingerprint density at radius 3 is 2.19 bits per heavy atom. The molecular weight excluding hydrogens is 410 g/mol. The van der Waals surface area contributed by atoms with Crippen LogP contribution in [0.25, 0.3) is 11.1 Å². The summed E-state index contributed by atoms with van der Waals surface area (Å²) >= 11 is 0. The summed E-state index contributed by atoms with van der Waals surface area (Å²) in [4.78, 5) is 16.8. The van der Waals surface area contributed by atoms with Crippen LogP contribution in [0.4, 0.5) is 10.5 Å². The van der Waals surface area contributed by atoms with Gasteiger partial charge in [0.25, 0.3) is 10.0 Å². The van der Waals surface area contributed by atoms with Crippen molar-refractivity contribution in [2.45, 2.75) is 43.4 Å². The number of pyridine rings is 1. The number of rotatable bonds is 4. The maximum absolute atomic E-state index is 12.9. The average molecular weight is 434 g/mol. The van der Waals surface area contributed by atoms with E-state index < -0.39 is 16.1 Å². The zero-order chi connectivity index (χ0) is 21.4. The Labute approximate surface area is 181 Å². The minimum absolute atomic E-state index is 0.0421. The second kappa shape index (κ2) is 7.81. The predicted molar refractivity (Wildman–Crippen MR) is 120 cm³/mol. The Bertz CT molecular complexity index is 1240. The molecule has 5 rings (SSSR count). The third-order valence-electron chi connectivity index (χ3n) is 6.10. The van der Waals surface area contributed by atoms with E-state index in [1.165, 1.54) is 17.2 Å². The molecule has 2 amide bonds. The molecule has 6 nitrogen and oxygen atoms in total. The van der Waals surface area contributed by atoms with Crippen molar-refractivity contribution in [3.8, 4) is 11.1 Å². The maximum Gasteiger partial charge on any atom is 0.333 e. The summed E-state index contributed by atoms with van der Waals surface area (Å²) in [5.74, 6) is 0. The highest BCUT2D eigenvalue weighted by atomic mass is 32.2. The highest BCUT2D eigenvalue weighted by Crippen LogP contribution is 2.38. The fraction of sp³-hybridized carbons (Fsp3) is 0.250. The number of fused-ring (bicyclic) bond motifs is 2. The number of aryl methyl sites for hydroxylation is 2. The van der Waals surface area contributed by atoms with E-state index >= 15 is 0 Å². The molecular formula is C24H23N3O3S. The molecule has 0 atom stereocenters. The molecule has 2 aromatic carbocycles. The van der Waals surface area contributed by atoms with Crippen LogP contribution in [0.2, 0.25) is 0 Å². The van der Waals surface area contributed by atoms with Crippen LogP contribution in [-0.2, 0) is 35.7 Å². The van der Waals surface area contributed by atoms with Gasteiger partial charge in [0.2, 0.25) is 0 Å². The van der Waals surface area contributed by atoms with Gasteiger partial charge in [0.1, 0.15) is 0 Å². The summed E-state index contributed by atoms with van der Waals surface area (Å²) in [5.41, 5.74) is 7.30. The highest BCUT2D eigenvalue weighted by Gasteiger charge is 2.26. The Balaban J connectivity index is 1.40. The molecule has 3 aromatic rings.